The summed E-state index contributed by atoms with van der Waals surface area (Å²) in [6, 6.07) is 7.76. The van der Waals surface area contributed by atoms with Gasteiger partial charge in [0, 0.05) is 29.9 Å². The molecule has 4 aliphatic rings. The van der Waals surface area contributed by atoms with Crippen LogP contribution in [0.25, 0.3) is 10.9 Å². The van der Waals surface area contributed by atoms with Crippen LogP contribution in [0.1, 0.15) is 24.4 Å². The van der Waals surface area contributed by atoms with Gasteiger partial charge in [-0.3, -0.25) is 14.7 Å². The Balaban J connectivity index is 1.53. The van der Waals surface area contributed by atoms with Crippen LogP contribution >= 0.6 is 24.0 Å². The van der Waals surface area contributed by atoms with E-state index in [4.69, 9.17) is 17.0 Å². The number of aromatic nitrogens is 1. The summed E-state index contributed by atoms with van der Waals surface area (Å²) in [5, 5.41) is 7.56. The number of methoxy groups -OCH3 is 1. The summed E-state index contributed by atoms with van der Waals surface area (Å²) in [5.41, 5.74) is 1.99. The van der Waals surface area contributed by atoms with E-state index in [9.17, 15) is 4.79 Å². The number of hydrogen-bond donors (Lipinski definition) is 2. The predicted octanol–water partition coefficient (Wildman–Crippen LogP) is 3.29. The van der Waals surface area contributed by atoms with Crippen molar-refractivity contribution >= 4 is 45.1 Å². The summed E-state index contributed by atoms with van der Waals surface area (Å²) >= 11 is 6.77. The highest BCUT2D eigenvalue weighted by Gasteiger charge is 2.44. The normalized spacial score (nSPS) is 30.0. The van der Waals surface area contributed by atoms with Gasteiger partial charge in [0.15, 0.2) is 0 Å². The fourth-order valence-electron chi connectivity index (χ4n) is 5.43. The van der Waals surface area contributed by atoms with Gasteiger partial charge in [-0.05, 0) is 61.1 Å². The Morgan fingerprint density at radius 2 is 2.34 bits per heavy atom. The number of thioether (sulfide) groups is 1. The Kier molecular flexibility index (Phi) is 6.09. The molecule has 32 heavy (non-hydrogen) atoms. The van der Waals surface area contributed by atoms with Crippen molar-refractivity contribution in [3.63, 3.8) is 0 Å². The van der Waals surface area contributed by atoms with E-state index in [2.05, 4.69) is 33.2 Å². The smallest absolute Gasteiger partial charge is 0.243 e. The number of piperidine rings is 3. The van der Waals surface area contributed by atoms with Gasteiger partial charge in [0.25, 0.3) is 0 Å². The molecule has 1 amide bonds. The molecule has 3 unspecified atom stereocenters. The minimum atomic E-state index is -0.297. The summed E-state index contributed by atoms with van der Waals surface area (Å²) in [6.07, 6.45) is 6.17. The van der Waals surface area contributed by atoms with Crippen LogP contribution in [0.15, 0.2) is 43.1 Å². The lowest BCUT2D eigenvalue weighted by Crippen LogP contribution is -2.58. The standard InChI is InChI=1S/C24H28N4O2S2/c1-3-14-12-28-9-7-15(14)10-21(28)22(27-23(29)20-13-32-24(31)26-20)17-6-8-25-19-5-4-16(30-2)11-18(17)19/h3-6,8,11,14-15,20-22H,1,7,9-10,12-13H2,2H3,(H,26,31)(H,27,29)/t14?,15?,20-,21-,22-/m0/s1. The summed E-state index contributed by atoms with van der Waals surface area (Å²) in [4.78, 5) is 20.4. The minimum Gasteiger partial charge on any atom is -0.497 e. The van der Waals surface area contributed by atoms with Gasteiger partial charge in [0.1, 0.15) is 16.1 Å². The van der Waals surface area contributed by atoms with Crippen molar-refractivity contribution in [2.75, 3.05) is 26.0 Å². The molecule has 4 aliphatic heterocycles. The number of rotatable bonds is 6. The Bertz CT molecular complexity index is 1060. The van der Waals surface area contributed by atoms with Gasteiger partial charge < -0.3 is 15.4 Å². The van der Waals surface area contributed by atoms with Crippen LogP contribution in [0.4, 0.5) is 0 Å². The van der Waals surface area contributed by atoms with Crippen molar-refractivity contribution in [3.8, 4) is 5.75 Å². The number of carbonyl (C=O) groups excluding carboxylic acids is 1. The third-order valence-electron chi connectivity index (χ3n) is 7.14. The number of fused-ring (bicyclic) bond motifs is 4. The number of carbonyl (C=O) groups is 1. The number of nitrogens with one attached hydrogen (secondary N) is 2. The van der Waals surface area contributed by atoms with Crippen LogP contribution in [-0.4, -0.2) is 58.1 Å². The second kappa shape index (κ2) is 9.00. The molecule has 1 aromatic heterocycles. The van der Waals surface area contributed by atoms with E-state index in [1.54, 1.807) is 7.11 Å². The average Bonchev–Trinajstić information content (AvgIpc) is 3.28. The predicted molar refractivity (Wildman–Crippen MR) is 133 cm³/mol. The third kappa shape index (κ3) is 4.00. The van der Waals surface area contributed by atoms with E-state index in [-0.39, 0.29) is 24.0 Å². The van der Waals surface area contributed by atoms with Gasteiger partial charge in [0.05, 0.1) is 18.7 Å². The van der Waals surface area contributed by atoms with Gasteiger partial charge in [-0.2, -0.15) is 0 Å². The zero-order valence-corrected chi connectivity index (χ0v) is 19.8. The van der Waals surface area contributed by atoms with Gasteiger partial charge in [-0.1, -0.05) is 30.1 Å². The topological polar surface area (TPSA) is 66.5 Å². The quantitative estimate of drug-likeness (QED) is 0.498. The maximum absolute atomic E-state index is 13.3. The summed E-state index contributed by atoms with van der Waals surface area (Å²) in [7, 11) is 1.67. The first-order valence-corrected chi connectivity index (χ1v) is 12.5. The van der Waals surface area contributed by atoms with Gasteiger partial charge in [-0.25, -0.2) is 0 Å². The molecule has 2 bridgehead atoms. The molecule has 0 saturated carbocycles. The zero-order chi connectivity index (χ0) is 22.2. The van der Waals surface area contributed by atoms with Crippen molar-refractivity contribution in [1.29, 1.82) is 0 Å². The average molecular weight is 469 g/mol. The molecule has 6 atom stereocenters. The lowest BCUT2D eigenvalue weighted by Gasteiger charge is -2.51. The molecule has 0 radical (unpaired) electrons. The number of ether oxygens (including phenoxy) is 1. The second-order valence-electron chi connectivity index (χ2n) is 8.81. The van der Waals surface area contributed by atoms with Crippen molar-refractivity contribution in [2.24, 2.45) is 11.8 Å². The monoisotopic (exact) mass is 468 g/mol. The largest absolute Gasteiger partial charge is 0.497 e. The van der Waals surface area contributed by atoms with Crippen LogP contribution < -0.4 is 15.4 Å². The number of hydrogen-bond acceptors (Lipinski definition) is 6. The number of thiocarbonyl (C=S) groups is 1. The Labute approximate surface area is 198 Å². The molecule has 5 heterocycles. The van der Waals surface area contributed by atoms with E-state index in [0.717, 1.165) is 41.7 Å². The first-order chi connectivity index (χ1) is 15.6. The van der Waals surface area contributed by atoms with Crippen LogP contribution in [0.3, 0.4) is 0 Å². The molecule has 6 nitrogen and oxygen atoms in total. The maximum atomic E-state index is 13.3. The van der Waals surface area contributed by atoms with E-state index in [0.29, 0.717) is 21.9 Å². The summed E-state index contributed by atoms with van der Waals surface area (Å²) in [5.74, 6) is 2.58. The number of pyridine rings is 1. The molecule has 2 aromatic rings. The van der Waals surface area contributed by atoms with Crippen LogP contribution in [0.2, 0.25) is 0 Å². The van der Waals surface area contributed by atoms with Crippen molar-refractivity contribution in [3.05, 3.63) is 48.7 Å². The molecule has 0 aliphatic carbocycles. The van der Waals surface area contributed by atoms with E-state index in [1.165, 1.54) is 18.2 Å². The van der Waals surface area contributed by atoms with Crippen molar-refractivity contribution in [2.45, 2.75) is 31.0 Å². The molecule has 6 rings (SSSR count). The lowest BCUT2D eigenvalue weighted by atomic mass is 9.73. The maximum Gasteiger partial charge on any atom is 0.243 e. The van der Waals surface area contributed by atoms with E-state index >= 15 is 0 Å². The molecule has 4 saturated heterocycles. The fraction of sp³-hybridized carbons (Fsp3) is 0.458. The summed E-state index contributed by atoms with van der Waals surface area (Å²) in [6.45, 7) is 6.11. The molecule has 1 aromatic carbocycles. The van der Waals surface area contributed by atoms with Gasteiger partial charge >= 0.3 is 0 Å². The van der Waals surface area contributed by atoms with Crippen LogP contribution in [0, 0.1) is 11.8 Å². The Morgan fingerprint density at radius 3 is 3.03 bits per heavy atom. The van der Waals surface area contributed by atoms with Gasteiger partial charge in [0.2, 0.25) is 5.91 Å². The molecular formula is C24H28N4O2S2. The molecule has 168 valence electrons. The van der Waals surface area contributed by atoms with E-state index < -0.39 is 0 Å². The molecule has 8 heteroatoms. The lowest BCUT2D eigenvalue weighted by molar-refractivity contribution is -0.124. The Hall–Kier alpha value is -2.16. The number of amides is 1. The van der Waals surface area contributed by atoms with Crippen molar-refractivity contribution in [1.82, 2.24) is 20.5 Å². The minimum absolute atomic E-state index is 0.00174. The SMILES string of the molecule is C=CC1CN2CCC1C[C@H]2[C@@H](NC(=O)[C@@H]1CSC(=S)N1)c1ccnc2ccc(OC)cc12. The highest BCUT2D eigenvalue weighted by atomic mass is 32.2. The highest BCUT2D eigenvalue weighted by molar-refractivity contribution is 8.23. The molecule has 0 spiro atoms. The fourth-order valence-corrected chi connectivity index (χ4v) is 6.55. The first kappa shape index (κ1) is 21.7. The van der Waals surface area contributed by atoms with Crippen LogP contribution in [0.5, 0.6) is 5.75 Å². The first-order valence-electron chi connectivity index (χ1n) is 11.1. The zero-order valence-electron chi connectivity index (χ0n) is 18.1. The van der Waals surface area contributed by atoms with Crippen LogP contribution in [-0.2, 0) is 4.79 Å². The van der Waals surface area contributed by atoms with E-state index in [1.807, 2.05) is 30.5 Å². The molecule has 2 N–H and O–H groups in total. The molecule has 4 fully saturated rings. The Morgan fingerprint density at radius 1 is 1.47 bits per heavy atom. The number of nitrogens with zero attached hydrogens (tertiary/aromatic N) is 2. The molecular weight excluding hydrogens is 440 g/mol. The highest BCUT2D eigenvalue weighted by Crippen LogP contribution is 2.42. The summed E-state index contributed by atoms with van der Waals surface area (Å²) < 4.78 is 6.18. The second-order valence-corrected chi connectivity index (χ2v) is 10.5. The number of benzene rings is 1. The van der Waals surface area contributed by atoms with Crippen molar-refractivity contribution < 1.29 is 9.53 Å². The third-order valence-corrected chi connectivity index (χ3v) is 8.50. The van der Waals surface area contributed by atoms with Gasteiger partial charge in [-0.15, -0.1) is 6.58 Å².